The van der Waals surface area contributed by atoms with Crippen molar-refractivity contribution in [1.82, 2.24) is 15.5 Å². The molecule has 1 aromatic heterocycles. The molecular formula is C8H13N3O. The minimum Gasteiger partial charge on any atom is -0.376 e. The summed E-state index contributed by atoms with van der Waals surface area (Å²) in [6.07, 6.45) is 0.964. The molecular weight excluding hydrogens is 154 g/mol. The molecule has 1 aliphatic heterocycles. The highest BCUT2D eigenvalue weighted by atomic mass is 16.5. The number of H-pyrrole nitrogens is 1. The van der Waals surface area contributed by atoms with E-state index < -0.39 is 0 Å². The van der Waals surface area contributed by atoms with Crippen LogP contribution >= 0.6 is 0 Å². The van der Waals surface area contributed by atoms with E-state index in [0.717, 1.165) is 25.3 Å². The Hall–Kier alpha value is -0.870. The standard InChI is InChI=1S/C8H13N3O/c1-9-4-8-6-5-12-3-2-7(6)10-11-8/h9H,2-5H2,1H3,(H,10,11). The van der Waals surface area contributed by atoms with Crippen LogP contribution in [0.1, 0.15) is 17.0 Å². The quantitative estimate of drug-likeness (QED) is 0.661. The first-order chi connectivity index (χ1) is 5.92. The fourth-order valence-electron chi connectivity index (χ4n) is 1.48. The molecule has 2 rings (SSSR count). The summed E-state index contributed by atoms with van der Waals surface area (Å²) in [7, 11) is 1.92. The van der Waals surface area contributed by atoms with Crippen LogP contribution in [-0.4, -0.2) is 23.9 Å². The van der Waals surface area contributed by atoms with Gasteiger partial charge in [0.15, 0.2) is 0 Å². The van der Waals surface area contributed by atoms with Gasteiger partial charge in [-0.05, 0) is 7.05 Å². The summed E-state index contributed by atoms with van der Waals surface area (Å²) >= 11 is 0. The first-order valence-electron chi connectivity index (χ1n) is 4.19. The molecule has 0 amide bonds. The molecule has 0 spiro atoms. The van der Waals surface area contributed by atoms with Gasteiger partial charge < -0.3 is 10.1 Å². The minimum absolute atomic E-state index is 0.711. The van der Waals surface area contributed by atoms with Gasteiger partial charge in [0.25, 0.3) is 0 Å². The molecule has 0 fully saturated rings. The summed E-state index contributed by atoms with van der Waals surface area (Å²) in [4.78, 5) is 0. The molecule has 0 bridgehead atoms. The van der Waals surface area contributed by atoms with Crippen LogP contribution in [0.15, 0.2) is 0 Å². The average molecular weight is 167 g/mol. The zero-order chi connectivity index (χ0) is 8.39. The molecule has 2 heterocycles. The molecule has 1 aliphatic rings. The number of nitrogens with one attached hydrogen (secondary N) is 2. The number of fused-ring (bicyclic) bond motifs is 1. The fourth-order valence-corrected chi connectivity index (χ4v) is 1.48. The first-order valence-corrected chi connectivity index (χ1v) is 4.19. The van der Waals surface area contributed by atoms with Gasteiger partial charge in [-0.1, -0.05) is 0 Å². The third kappa shape index (κ3) is 1.23. The third-order valence-corrected chi connectivity index (χ3v) is 2.13. The Morgan fingerprint density at radius 2 is 2.58 bits per heavy atom. The maximum Gasteiger partial charge on any atom is 0.0818 e. The molecule has 0 saturated heterocycles. The summed E-state index contributed by atoms with van der Waals surface area (Å²) in [5, 5.41) is 10.3. The molecule has 4 heteroatoms. The van der Waals surface area contributed by atoms with Gasteiger partial charge in [0.1, 0.15) is 0 Å². The van der Waals surface area contributed by atoms with E-state index in [4.69, 9.17) is 4.74 Å². The third-order valence-electron chi connectivity index (χ3n) is 2.13. The molecule has 0 radical (unpaired) electrons. The lowest BCUT2D eigenvalue weighted by Crippen LogP contribution is -2.12. The Morgan fingerprint density at radius 3 is 3.42 bits per heavy atom. The van der Waals surface area contributed by atoms with Gasteiger partial charge >= 0.3 is 0 Å². The van der Waals surface area contributed by atoms with Crippen LogP contribution in [0, 0.1) is 0 Å². The zero-order valence-corrected chi connectivity index (χ0v) is 7.18. The van der Waals surface area contributed by atoms with Crippen molar-refractivity contribution in [3.63, 3.8) is 0 Å². The lowest BCUT2D eigenvalue weighted by atomic mass is 10.1. The monoisotopic (exact) mass is 167 g/mol. The van der Waals surface area contributed by atoms with Crippen molar-refractivity contribution in [3.05, 3.63) is 17.0 Å². The Kier molecular flexibility index (Phi) is 2.10. The predicted octanol–water partition coefficient (Wildman–Crippen LogP) is 0.202. The molecule has 4 nitrogen and oxygen atoms in total. The van der Waals surface area contributed by atoms with Gasteiger partial charge in [-0.2, -0.15) is 5.10 Å². The van der Waals surface area contributed by atoms with E-state index in [1.807, 2.05) is 7.05 Å². The van der Waals surface area contributed by atoms with E-state index in [0.29, 0.717) is 6.61 Å². The van der Waals surface area contributed by atoms with Crippen molar-refractivity contribution in [3.8, 4) is 0 Å². The smallest absolute Gasteiger partial charge is 0.0818 e. The van der Waals surface area contributed by atoms with Crippen LogP contribution in [0.2, 0.25) is 0 Å². The molecule has 12 heavy (non-hydrogen) atoms. The number of hydrogen-bond donors (Lipinski definition) is 2. The van der Waals surface area contributed by atoms with Crippen LogP contribution in [0.25, 0.3) is 0 Å². The normalized spacial score (nSPS) is 16.1. The van der Waals surface area contributed by atoms with E-state index in [1.54, 1.807) is 0 Å². The van der Waals surface area contributed by atoms with Crippen LogP contribution in [0.3, 0.4) is 0 Å². The molecule has 1 aromatic rings. The van der Waals surface area contributed by atoms with Gasteiger partial charge in [0.2, 0.25) is 0 Å². The largest absolute Gasteiger partial charge is 0.376 e. The Balaban J connectivity index is 2.25. The summed E-state index contributed by atoms with van der Waals surface area (Å²) in [5.74, 6) is 0. The highest BCUT2D eigenvalue weighted by Gasteiger charge is 2.15. The molecule has 0 saturated carbocycles. The molecule has 66 valence electrons. The van der Waals surface area contributed by atoms with E-state index in [-0.39, 0.29) is 0 Å². The predicted molar refractivity (Wildman–Crippen MR) is 44.7 cm³/mol. The lowest BCUT2D eigenvalue weighted by Gasteiger charge is -2.11. The summed E-state index contributed by atoms with van der Waals surface area (Å²) in [6.45, 7) is 2.34. The summed E-state index contributed by atoms with van der Waals surface area (Å²) < 4.78 is 5.35. The average Bonchev–Trinajstić information content (AvgIpc) is 2.50. The molecule has 0 unspecified atom stereocenters. The van der Waals surface area contributed by atoms with Crippen molar-refractivity contribution >= 4 is 0 Å². The Labute approximate surface area is 71.3 Å². The second-order valence-corrected chi connectivity index (χ2v) is 2.96. The SMILES string of the molecule is CNCc1n[nH]c2c1COCC2. The Morgan fingerprint density at radius 1 is 1.67 bits per heavy atom. The summed E-state index contributed by atoms with van der Waals surface area (Å²) in [5.41, 5.74) is 3.58. The number of ether oxygens (including phenoxy) is 1. The topological polar surface area (TPSA) is 49.9 Å². The molecule has 2 N–H and O–H groups in total. The Bertz CT molecular complexity index is 269. The highest BCUT2D eigenvalue weighted by Crippen LogP contribution is 2.17. The van der Waals surface area contributed by atoms with Gasteiger partial charge in [-0.25, -0.2) is 0 Å². The lowest BCUT2D eigenvalue weighted by molar-refractivity contribution is 0.109. The van der Waals surface area contributed by atoms with Gasteiger partial charge in [0.05, 0.1) is 18.9 Å². The van der Waals surface area contributed by atoms with E-state index in [2.05, 4.69) is 15.5 Å². The number of hydrogen-bond acceptors (Lipinski definition) is 3. The van der Waals surface area contributed by atoms with Crippen LogP contribution in [0.4, 0.5) is 0 Å². The van der Waals surface area contributed by atoms with Crippen LogP contribution in [0.5, 0.6) is 0 Å². The molecule has 0 atom stereocenters. The van der Waals surface area contributed by atoms with Gasteiger partial charge in [0, 0.05) is 24.2 Å². The van der Waals surface area contributed by atoms with Crippen LogP contribution < -0.4 is 5.32 Å². The van der Waals surface area contributed by atoms with Crippen molar-refractivity contribution in [2.24, 2.45) is 0 Å². The van der Waals surface area contributed by atoms with Crippen molar-refractivity contribution in [2.45, 2.75) is 19.6 Å². The maximum absolute atomic E-state index is 5.35. The number of aromatic amines is 1. The zero-order valence-electron chi connectivity index (χ0n) is 7.18. The second kappa shape index (κ2) is 3.25. The number of aromatic nitrogens is 2. The van der Waals surface area contributed by atoms with E-state index >= 15 is 0 Å². The van der Waals surface area contributed by atoms with Crippen molar-refractivity contribution < 1.29 is 4.74 Å². The van der Waals surface area contributed by atoms with Gasteiger partial charge in [-0.15, -0.1) is 0 Å². The van der Waals surface area contributed by atoms with E-state index in [9.17, 15) is 0 Å². The number of rotatable bonds is 2. The highest BCUT2D eigenvalue weighted by molar-refractivity contribution is 5.26. The maximum atomic E-state index is 5.35. The summed E-state index contributed by atoms with van der Waals surface area (Å²) in [6, 6.07) is 0. The van der Waals surface area contributed by atoms with Crippen LogP contribution in [-0.2, 0) is 24.3 Å². The van der Waals surface area contributed by atoms with Crippen molar-refractivity contribution in [1.29, 1.82) is 0 Å². The van der Waals surface area contributed by atoms with Crippen molar-refractivity contribution in [2.75, 3.05) is 13.7 Å². The minimum atomic E-state index is 0.711. The number of nitrogens with zero attached hydrogens (tertiary/aromatic N) is 1. The second-order valence-electron chi connectivity index (χ2n) is 2.96. The molecule has 0 aromatic carbocycles. The first kappa shape index (κ1) is 7.76. The molecule has 0 aliphatic carbocycles. The van der Waals surface area contributed by atoms with Gasteiger partial charge in [-0.3, -0.25) is 5.10 Å². The van der Waals surface area contributed by atoms with E-state index in [1.165, 1.54) is 11.3 Å². The fraction of sp³-hybridized carbons (Fsp3) is 0.625.